The molecule has 0 spiro atoms. The van der Waals surface area contributed by atoms with Crippen LogP contribution >= 0.6 is 28.3 Å². The number of carbonyl (C=O) groups excluding carboxylic acids is 1. The molecule has 23 heavy (non-hydrogen) atoms. The Bertz CT molecular complexity index is 716. The third-order valence-electron chi connectivity index (χ3n) is 2.92. The van der Waals surface area contributed by atoms with Crippen molar-refractivity contribution in [2.75, 3.05) is 19.6 Å². The summed E-state index contributed by atoms with van der Waals surface area (Å²) in [6.45, 7) is 3.32. The number of carbonyl (C=O) groups is 1. The quantitative estimate of drug-likeness (QED) is 0.455. The molecule has 0 bridgehead atoms. The molecule has 1 aromatic carbocycles. The summed E-state index contributed by atoms with van der Waals surface area (Å²) in [7, 11) is 3.19. The van der Waals surface area contributed by atoms with Gasteiger partial charge in [-0.1, -0.05) is 11.3 Å². The smallest absolute Gasteiger partial charge is 0.204 e. The Morgan fingerprint density at radius 1 is 1.35 bits per heavy atom. The van der Waals surface area contributed by atoms with E-state index in [1.54, 1.807) is 27.4 Å². The SMILES string of the molecule is Br.COc1ccc(OC)c(/C=N\Nc2nc(C)c(C(C)=O)s2)c1. The van der Waals surface area contributed by atoms with Gasteiger partial charge in [-0.2, -0.15) is 5.10 Å². The van der Waals surface area contributed by atoms with Crippen molar-refractivity contribution in [3.05, 3.63) is 34.3 Å². The molecule has 6 nitrogen and oxygen atoms in total. The fourth-order valence-corrected chi connectivity index (χ4v) is 2.68. The van der Waals surface area contributed by atoms with Gasteiger partial charge in [-0.3, -0.25) is 10.2 Å². The molecule has 0 unspecified atom stereocenters. The minimum Gasteiger partial charge on any atom is -0.497 e. The monoisotopic (exact) mass is 399 g/mol. The van der Waals surface area contributed by atoms with Crippen molar-refractivity contribution in [3.8, 4) is 11.5 Å². The minimum atomic E-state index is 0. The highest BCUT2D eigenvalue weighted by Gasteiger charge is 2.10. The maximum absolute atomic E-state index is 11.4. The van der Waals surface area contributed by atoms with E-state index in [0.29, 0.717) is 27.2 Å². The number of ketones is 1. The lowest BCUT2D eigenvalue weighted by atomic mass is 10.2. The van der Waals surface area contributed by atoms with Crippen molar-refractivity contribution < 1.29 is 14.3 Å². The number of hydrogen-bond acceptors (Lipinski definition) is 7. The first kappa shape index (κ1) is 19.1. The van der Waals surface area contributed by atoms with Crippen LogP contribution in [0.15, 0.2) is 23.3 Å². The largest absolute Gasteiger partial charge is 0.497 e. The third-order valence-corrected chi connectivity index (χ3v) is 4.08. The first-order valence-corrected chi connectivity index (χ1v) is 7.36. The third kappa shape index (κ3) is 4.77. The number of nitrogens with zero attached hydrogens (tertiary/aromatic N) is 2. The molecule has 1 aromatic heterocycles. The van der Waals surface area contributed by atoms with Gasteiger partial charge in [0.25, 0.3) is 0 Å². The lowest BCUT2D eigenvalue weighted by Gasteiger charge is -2.06. The van der Waals surface area contributed by atoms with Gasteiger partial charge in [0.2, 0.25) is 5.13 Å². The van der Waals surface area contributed by atoms with Gasteiger partial charge < -0.3 is 9.47 Å². The Balaban J connectivity index is 0.00000264. The lowest BCUT2D eigenvalue weighted by molar-refractivity contribution is 0.102. The van der Waals surface area contributed by atoms with Crippen LogP contribution in [-0.4, -0.2) is 31.2 Å². The lowest BCUT2D eigenvalue weighted by Crippen LogP contribution is -1.95. The van der Waals surface area contributed by atoms with Gasteiger partial charge in [-0.05, 0) is 25.1 Å². The summed E-state index contributed by atoms with van der Waals surface area (Å²) in [5.41, 5.74) is 4.30. The normalized spacial score (nSPS) is 10.3. The molecule has 2 aromatic rings. The highest BCUT2D eigenvalue weighted by atomic mass is 79.9. The van der Waals surface area contributed by atoms with Crippen LogP contribution in [0.1, 0.15) is 27.9 Å². The number of Topliss-reactive ketones (excluding diaryl/α,β-unsaturated/α-hetero) is 1. The van der Waals surface area contributed by atoms with Crippen molar-refractivity contribution in [1.82, 2.24) is 4.98 Å². The molecule has 0 aliphatic carbocycles. The molecule has 124 valence electrons. The Kier molecular flexibility index (Phi) is 7.18. The predicted octanol–water partition coefficient (Wildman–Crippen LogP) is 3.70. The first-order chi connectivity index (χ1) is 10.5. The number of nitrogens with one attached hydrogen (secondary N) is 1. The van der Waals surface area contributed by atoms with Crippen LogP contribution < -0.4 is 14.9 Å². The topological polar surface area (TPSA) is 72.8 Å². The number of rotatable bonds is 6. The standard InChI is InChI=1S/C15H17N3O3S.BrH/c1-9-14(10(2)19)22-15(17-9)18-16-8-11-7-12(20-3)5-6-13(11)21-4;/h5-8H,1-4H3,(H,17,18);1H/b16-8-;. The summed E-state index contributed by atoms with van der Waals surface area (Å²) in [4.78, 5) is 16.3. The number of anilines is 1. The van der Waals surface area contributed by atoms with Crippen molar-refractivity contribution in [3.63, 3.8) is 0 Å². The molecule has 1 N–H and O–H groups in total. The van der Waals surface area contributed by atoms with Crippen LogP contribution in [-0.2, 0) is 0 Å². The maximum Gasteiger partial charge on any atom is 0.204 e. The number of aromatic nitrogens is 1. The minimum absolute atomic E-state index is 0. The zero-order valence-corrected chi connectivity index (χ0v) is 15.8. The molecular formula is C15H18BrN3O3S. The van der Waals surface area contributed by atoms with E-state index < -0.39 is 0 Å². The van der Waals surface area contributed by atoms with E-state index in [-0.39, 0.29) is 22.8 Å². The summed E-state index contributed by atoms with van der Waals surface area (Å²) in [6.07, 6.45) is 1.62. The molecule has 0 atom stereocenters. The van der Waals surface area contributed by atoms with Gasteiger partial charge in [-0.25, -0.2) is 4.98 Å². The highest BCUT2D eigenvalue weighted by molar-refractivity contribution is 8.93. The van der Waals surface area contributed by atoms with E-state index in [2.05, 4.69) is 15.5 Å². The molecule has 0 saturated carbocycles. The summed E-state index contributed by atoms with van der Waals surface area (Å²) >= 11 is 1.28. The second-order valence-corrected chi connectivity index (χ2v) is 5.47. The van der Waals surface area contributed by atoms with E-state index in [1.807, 2.05) is 18.2 Å². The first-order valence-electron chi connectivity index (χ1n) is 6.54. The Morgan fingerprint density at radius 3 is 2.65 bits per heavy atom. The summed E-state index contributed by atoms with van der Waals surface area (Å²) in [5, 5.41) is 4.71. The van der Waals surface area contributed by atoms with Crippen LogP contribution in [0.2, 0.25) is 0 Å². The Morgan fingerprint density at radius 2 is 2.09 bits per heavy atom. The van der Waals surface area contributed by atoms with Crippen molar-refractivity contribution in [1.29, 1.82) is 0 Å². The maximum atomic E-state index is 11.4. The van der Waals surface area contributed by atoms with Crippen molar-refractivity contribution in [2.45, 2.75) is 13.8 Å². The number of methoxy groups -OCH3 is 2. The van der Waals surface area contributed by atoms with Gasteiger partial charge >= 0.3 is 0 Å². The van der Waals surface area contributed by atoms with Gasteiger partial charge in [0, 0.05) is 12.5 Å². The molecular weight excluding hydrogens is 382 g/mol. The number of benzene rings is 1. The van der Waals surface area contributed by atoms with E-state index >= 15 is 0 Å². The Labute approximate surface area is 149 Å². The summed E-state index contributed by atoms with van der Waals surface area (Å²) < 4.78 is 10.4. The van der Waals surface area contributed by atoms with E-state index in [4.69, 9.17) is 9.47 Å². The number of halogens is 1. The van der Waals surface area contributed by atoms with Gasteiger partial charge in [-0.15, -0.1) is 17.0 Å². The number of thiazole rings is 1. The number of ether oxygens (including phenoxy) is 2. The molecule has 0 amide bonds. The average Bonchev–Trinajstić information content (AvgIpc) is 2.88. The van der Waals surface area contributed by atoms with Crippen LogP contribution in [0.5, 0.6) is 11.5 Å². The van der Waals surface area contributed by atoms with Gasteiger partial charge in [0.15, 0.2) is 5.78 Å². The van der Waals surface area contributed by atoms with Gasteiger partial charge in [0.1, 0.15) is 11.5 Å². The summed E-state index contributed by atoms with van der Waals surface area (Å²) in [5.74, 6) is 1.40. The number of aryl methyl sites for hydroxylation is 1. The zero-order valence-electron chi connectivity index (χ0n) is 13.2. The molecule has 0 saturated heterocycles. The summed E-state index contributed by atoms with van der Waals surface area (Å²) in [6, 6.07) is 5.44. The number of hydrogen-bond donors (Lipinski definition) is 1. The second kappa shape index (κ2) is 8.64. The van der Waals surface area contributed by atoms with E-state index in [9.17, 15) is 4.79 Å². The second-order valence-electron chi connectivity index (χ2n) is 4.47. The zero-order chi connectivity index (χ0) is 16.1. The molecule has 0 radical (unpaired) electrons. The number of hydrazone groups is 1. The molecule has 2 rings (SSSR count). The Hall–Kier alpha value is -1.93. The fourth-order valence-electron chi connectivity index (χ4n) is 1.87. The molecule has 0 aliphatic rings. The molecule has 0 aliphatic heterocycles. The molecule has 0 fully saturated rings. The van der Waals surface area contributed by atoms with Gasteiger partial charge in [0.05, 0.1) is 31.0 Å². The van der Waals surface area contributed by atoms with Crippen molar-refractivity contribution >= 4 is 45.4 Å². The van der Waals surface area contributed by atoms with E-state index in [1.165, 1.54) is 18.3 Å². The van der Waals surface area contributed by atoms with Crippen LogP contribution in [0.4, 0.5) is 5.13 Å². The van der Waals surface area contributed by atoms with Crippen molar-refractivity contribution in [2.24, 2.45) is 5.10 Å². The predicted molar refractivity (Wildman–Crippen MR) is 97.9 cm³/mol. The molecule has 1 heterocycles. The average molecular weight is 400 g/mol. The van der Waals surface area contributed by atoms with Crippen LogP contribution in [0.25, 0.3) is 0 Å². The fraction of sp³-hybridized carbons (Fsp3) is 0.267. The van der Waals surface area contributed by atoms with Crippen LogP contribution in [0.3, 0.4) is 0 Å². The van der Waals surface area contributed by atoms with E-state index in [0.717, 1.165) is 5.56 Å². The highest BCUT2D eigenvalue weighted by Crippen LogP contribution is 2.24. The van der Waals surface area contributed by atoms with Crippen LogP contribution in [0, 0.1) is 6.92 Å². The molecule has 8 heteroatoms.